The molecule has 0 aliphatic carbocycles. The maximum atomic E-state index is 12.3. The molecule has 2 unspecified atom stereocenters. The highest BCUT2D eigenvalue weighted by molar-refractivity contribution is 5.29. The highest BCUT2D eigenvalue weighted by Crippen LogP contribution is 2.25. The lowest BCUT2D eigenvalue weighted by atomic mass is 10.1. The van der Waals surface area contributed by atoms with Crippen LogP contribution in [0.4, 0.5) is 13.2 Å². The lowest BCUT2D eigenvalue weighted by Crippen LogP contribution is -2.31. The van der Waals surface area contributed by atoms with Crippen LogP contribution in [-0.2, 0) is 0 Å². The van der Waals surface area contributed by atoms with Gasteiger partial charge < -0.3 is 10.1 Å². The van der Waals surface area contributed by atoms with Crippen LogP contribution in [0, 0.1) is 0 Å². The summed E-state index contributed by atoms with van der Waals surface area (Å²) in [6, 6.07) is 6.83. The van der Waals surface area contributed by atoms with Gasteiger partial charge in [-0.25, -0.2) is 0 Å². The third-order valence-electron chi connectivity index (χ3n) is 2.66. The molecule has 0 amide bonds. The molecule has 1 rings (SSSR count). The fourth-order valence-corrected chi connectivity index (χ4v) is 1.53. The van der Waals surface area contributed by atoms with Crippen LogP contribution >= 0.6 is 0 Å². The Kier molecular flexibility index (Phi) is 5.02. The van der Waals surface area contributed by atoms with Gasteiger partial charge in [-0.1, -0.05) is 19.1 Å². The van der Waals surface area contributed by atoms with Crippen molar-refractivity contribution < 1.29 is 17.9 Å². The van der Waals surface area contributed by atoms with E-state index in [0.29, 0.717) is 0 Å². The second-order valence-electron chi connectivity index (χ2n) is 4.15. The van der Waals surface area contributed by atoms with Crippen LogP contribution in [0.25, 0.3) is 0 Å². The molecule has 0 heterocycles. The molecule has 102 valence electrons. The second kappa shape index (κ2) is 6.09. The van der Waals surface area contributed by atoms with Gasteiger partial charge >= 0.3 is 6.18 Å². The zero-order valence-corrected chi connectivity index (χ0v) is 10.7. The van der Waals surface area contributed by atoms with Crippen molar-refractivity contribution in [2.75, 3.05) is 6.54 Å². The van der Waals surface area contributed by atoms with Crippen molar-refractivity contribution in [3.05, 3.63) is 29.8 Å². The standard InChI is InChI=1S/C13H18F3NO/c1-4-17-9(2)11-5-7-12(8-6-11)18-10(3)13(14,15)16/h5-10,17H,4H2,1-3H3. The van der Waals surface area contributed by atoms with Crippen LogP contribution in [0.15, 0.2) is 24.3 Å². The van der Waals surface area contributed by atoms with Gasteiger partial charge in [0.1, 0.15) is 5.75 Å². The zero-order valence-electron chi connectivity index (χ0n) is 10.7. The summed E-state index contributed by atoms with van der Waals surface area (Å²) < 4.78 is 41.8. The molecule has 0 saturated carbocycles. The Hall–Kier alpha value is -1.23. The fourth-order valence-electron chi connectivity index (χ4n) is 1.53. The first-order valence-corrected chi connectivity index (χ1v) is 5.91. The molecule has 2 nitrogen and oxygen atoms in total. The van der Waals surface area contributed by atoms with Crippen molar-refractivity contribution in [2.24, 2.45) is 0 Å². The van der Waals surface area contributed by atoms with Crippen LogP contribution in [0.5, 0.6) is 5.75 Å². The largest absolute Gasteiger partial charge is 0.481 e. The molecule has 0 bridgehead atoms. The minimum atomic E-state index is -4.34. The Labute approximate surface area is 105 Å². The van der Waals surface area contributed by atoms with Gasteiger partial charge in [0.25, 0.3) is 0 Å². The third-order valence-corrected chi connectivity index (χ3v) is 2.66. The summed E-state index contributed by atoms with van der Waals surface area (Å²) in [5.41, 5.74) is 1.02. The molecule has 1 aromatic carbocycles. The van der Waals surface area contributed by atoms with Crippen LogP contribution < -0.4 is 10.1 Å². The van der Waals surface area contributed by atoms with Crippen LogP contribution in [0.1, 0.15) is 32.4 Å². The fraction of sp³-hybridized carbons (Fsp3) is 0.538. The molecule has 1 aromatic rings. The molecule has 0 aliphatic rings. The number of nitrogens with one attached hydrogen (secondary N) is 1. The topological polar surface area (TPSA) is 21.3 Å². The average Bonchev–Trinajstić information content (AvgIpc) is 2.29. The first-order chi connectivity index (χ1) is 8.34. The van der Waals surface area contributed by atoms with E-state index >= 15 is 0 Å². The predicted octanol–water partition coefficient (Wildman–Crippen LogP) is 3.69. The van der Waals surface area contributed by atoms with Crippen molar-refractivity contribution in [3.8, 4) is 5.75 Å². The number of hydrogen-bond acceptors (Lipinski definition) is 2. The van der Waals surface area contributed by atoms with Gasteiger partial charge in [-0.2, -0.15) is 13.2 Å². The van der Waals surface area contributed by atoms with E-state index in [2.05, 4.69) is 5.32 Å². The highest BCUT2D eigenvalue weighted by Gasteiger charge is 2.37. The summed E-state index contributed by atoms with van der Waals surface area (Å²) in [7, 11) is 0. The minimum absolute atomic E-state index is 0.170. The van der Waals surface area contributed by atoms with Crippen molar-refractivity contribution in [1.82, 2.24) is 5.32 Å². The van der Waals surface area contributed by atoms with E-state index < -0.39 is 12.3 Å². The maximum Gasteiger partial charge on any atom is 0.425 e. The van der Waals surface area contributed by atoms with E-state index in [1.165, 1.54) is 0 Å². The van der Waals surface area contributed by atoms with Crippen LogP contribution in [-0.4, -0.2) is 18.8 Å². The van der Waals surface area contributed by atoms with E-state index in [9.17, 15) is 13.2 Å². The second-order valence-corrected chi connectivity index (χ2v) is 4.15. The van der Waals surface area contributed by atoms with Crippen LogP contribution in [0.3, 0.4) is 0 Å². The summed E-state index contributed by atoms with van der Waals surface area (Å²) in [6.45, 7) is 5.83. The van der Waals surface area contributed by atoms with Gasteiger partial charge in [-0.15, -0.1) is 0 Å². The first kappa shape index (κ1) is 14.8. The summed E-state index contributed by atoms with van der Waals surface area (Å²) in [5, 5.41) is 3.23. The molecule has 2 atom stereocenters. The van der Waals surface area contributed by atoms with E-state index in [4.69, 9.17) is 4.74 Å². The number of ether oxygens (including phenoxy) is 1. The van der Waals surface area contributed by atoms with Crippen molar-refractivity contribution >= 4 is 0 Å². The Morgan fingerprint density at radius 3 is 2.17 bits per heavy atom. The monoisotopic (exact) mass is 261 g/mol. The summed E-state index contributed by atoms with van der Waals surface area (Å²) in [6.07, 6.45) is -6.13. The molecule has 1 N–H and O–H groups in total. The van der Waals surface area contributed by atoms with E-state index in [0.717, 1.165) is 19.0 Å². The van der Waals surface area contributed by atoms with E-state index in [1.54, 1.807) is 24.3 Å². The van der Waals surface area contributed by atoms with Crippen molar-refractivity contribution in [2.45, 2.75) is 39.1 Å². The molecule has 0 spiro atoms. The molecule has 0 aliphatic heterocycles. The summed E-state index contributed by atoms with van der Waals surface area (Å²) in [4.78, 5) is 0. The normalized spacial score (nSPS) is 15.2. The molecular formula is C13H18F3NO. The van der Waals surface area contributed by atoms with Crippen molar-refractivity contribution in [1.29, 1.82) is 0 Å². The van der Waals surface area contributed by atoms with E-state index in [-0.39, 0.29) is 11.8 Å². The first-order valence-electron chi connectivity index (χ1n) is 5.91. The summed E-state index contributed by atoms with van der Waals surface area (Å²) >= 11 is 0. The summed E-state index contributed by atoms with van der Waals surface area (Å²) in [5.74, 6) is 0.229. The highest BCUT2D eigenvalue weighted by atomic mass is 19.4. The minimum Gasteiger partial charge on any atom is -0.481 e. The Balaban J connectivity index is 2.66. The molecule has 0 saturated heterocycles. The molecule has 0 aromatic heterocycles. The van der Waals surface area contributed by atoms with Gasteiger partial charge in [0.05, 0.1) is 0 Å². The maximum absolute atomic E-state index is 12.3. The smallest absolute Gasteiger partial charge is 0.425 e. The Morgan fingerprint density at radius 1 is 1.17 bits per heavy atom. The lowest BCUT2D eigenvalue weighted by molar-refractivity contribution is -0.189. The Bertz CT molecular complexity index is 361. The lowest BCUT2D eigenvalue weighted by Gasteiger charge is -2.18. The number of rotatable bonds is 5. The number of hydrogen-bond donors (Lipinski definition) is 1. The average molecular weight is 261 g/mol. The molecular weight excluding hydrogens is 243 g/mol. The third kappa shape index (κ3) is 4.22. The molecule has 18 heavy (non-hydrogen) atoms. The molecule has 0 fully saturated rings. The van der Waals surface area contributed by atoms with Crippen molar-refractivity contribution in [3.63, 3.8) is 0 Å². The quantitative estimate of drug-likeness (QED) is 0.872. The van der Waals surface area contributed by atoms with Gasteiger partial charge in [0.15, 0.2) is 6.10 Å². The van der Waals surface area contributed by atoms with E-state index in [1.807, 2.05) is 13.8 Å². The molecule has 0 radical (unpaired) electrons. The zero-order chi connectivity index (χ0) is 13.8. The SMILES string of the molecule is CCNC(C)c1ccc(OC(C)C(F)(F)F)cc1. The van der Waals surface area contributed by atoms with Crippen LogP contribution in [0.2, 0.25) is 0 Å². The Morgan fingerprint density at radius 2 is 1.72 bits per heavy atom. The van der Waals surface area contributed by atoms with Gasteiger partial charge in [0, 0.05) is 6.04 Å². The van der Waals surface area contributed by atoms with Gasteiger partial charge in [-0.3, -0.25) is 0 Å². The number of alkyl halides is 3. The number of halogens is 3. The molecule has 5 heteroatoms. The van der Waals surface area contributed by atoms with Gasteiger partial charge in [-0.05, 0) is 38.1 Å². The number of benzene rings is 1. The predicted molar refractivity (Wildman–Crippen MR) is 64.7 cm³/mol. The van der Waals surface area contributed by atoms with Gasteiger partial charge in [0.2, 0.25) is 0 Å².